The lowest BCUT2D eigenvalue weighted by Crippen LogP contribution is -2.52. The SMILES string of the molecule is CO[C@@H]1CN(c2nc(C(F)(F)F)nc(C)c2C)CC[C@@H]1N. The van der Waals surface area contributed by atoms with Crippen molar-refractivity contribution < 1.29 is 17.9 Å². The van der Waals surface area contributed by atoms with Gasteiger partial charge in [0, 0.05) is 37.5 Å². The van der Waals surface area contributed by atoms with E-state index >= 15 is 0 Å². The van der Waals surface area contributed by atoms with Gasteiger partial charge in [-0.25, -0.2) is 9.97 Å². The number of rotatable bonds is 2. The van der Waals surface area contributed by atoms with E-state index in [1.165, 1.54) is 0 Å². The Kier molecular flexibility index (Phi) is 4.38. The van der Waals surface area contributed by atoms with Crippen molar-refractivity contribution in [2.45, 2.75) is 38.6 Å². The molecule has 0 spiro atoms. The number of ether oxygens (including phenoxy) is 1. The molecule has 21 heavy (non-hydrogen) atoms. The summed E-state index contributed by atoms with van der Waals surface area (Å²) in [6.45, 7) is 4.25. The smallest absolute Gasteiger partial charge is 0.378 e. The van der Waals surface area contributed by atoms with E-state index in [1.54, 1.807) is 25.9 Å². The zero-order valence-corrected chi connectivity index (χ0v) is 12.2. The van der Waals surface area contributed by atoms with Crippen LogP contribution in [0.4, 0.5) is 19.0 Å². The minimum atomic E-state index is -4.56. The van der Waals surface area contributed by atoms with Crippen molar-refractivity contribution in [1.29, 1.82) is 0 Å². The van der Waals surface area contributed by atoms with Crippen LogP contribution in [0.3, 0.4) is 0 Å². The van der Waals surface area contributed by atoms with E-state index in [1.807, 2.05) is 0 Å². The zero-order chi connectivity index (χ0) is 15.8. The average Bonchev–Trinajstić information content (AvgIpc) is 2.41. The maximum absolute atomic E-state index is 12.9. The fourth-order valence-corrected chi connectivity index (χ4v) is 2.42. The summed E-state index contributed by atoms with van der Waals surface area (Å²) in [6, 6.07) is -0.114. The minimum Gasteiger partial charge on any atom is -0.378 e. The lowest BCUT2D eigenvalue weighted by atomic mass is 10.0. The van der Waals surface area contributed by atoms with Crippen molar-refractivity contribution in [1.82, 2.24) is 9.97 Å². The number of anilines is 1. The summed E-state index contributed by atoms with van der Waals surface area (Å²) in [5, 5.41) is 0. The van der Waals surface area contributed by atoms with Gasteiger partial charge in [-0.3, -0.25) is 0 Å². The molecule has 2 rings (SSSR count). The first-order valence-corrected chi connectivity index (χ1v) is 6.69. The highest BCUT2D eigenvalue weighted by molar-refractivity contribution is 5.49. The van der Waals surface area contributed by atoms with Crippen LogP contribution in [0.2, 0.25) is 0 Å². The monoisotopic (exact) mass is 304 g/mol. The van der Waals surface area contributed by atoms with Crippen LogP contribution in [0.1, 0.15) is 23.5 Å². The second kappa shape index (κ2) is 5.76. The number of piperidine rings is 1. The van der Waals surface area contributed by atoms with Crippen LogP contribution in [-0.4, -0.2) is 42.3 Å². The van der Waals surface area contributed by atoms with Crippen molar-refractivity contribution in [3.05, 3.63) is 17.1 Å². The van der Waals surface area contributed by atoms with Gasteiger partial charge in [0.15, 0.2) is 0 Å². The van der Waals surface area contributed by atoms with Gasteiger partial charge in [-0.15, -0.1) is 0 Å². The third-order valence-electron chi connectivity index (χ3n) is 3.83. The van der Waals surface area contributed by atoms with Crippen LogP contribution in [0.15, 0.2) is 0 Å². The van der Waals surface area contributed by atoms with E-state index in [4.69, 9.17) is 10.5 Å². The predicted molar refractivity (Wildman–Crippen MR) is 72.1 cm³/mol. The molecule has 0 bridgehead atoms. The molecule has 0 aliphatic carbocycles. The van der Waals surface area contributed by atoms with Gasteiger partial charge in [0.25, 0.3) is 0 Å². The topological polar surface area (TPSA) is 64.3 Å². The van der Waals surface area contributed by atoms with E-state index in [2.05, 4.69) is 9.97 Å². The predicted octanol–water partition coefficient (Wildman–Crippen LogP) is 1.66. The van der Waals surface area contributed by atoms with Gasteiger partial charge in [-0.2, -0.15) is 13.2 Å². The minimum absolute atomic E-state index is 0.114. The van der Waals surface area contributed by atoms with Gasteiger partial charge in [-0.05, 0) is 20.3 Å². The van der Waals surface area contributed by atoms with Crippen LogP contribution >= 0.6 is 0 Å². The molecule has 1 saturated heterocycles. The number of nitrogens with zero attached hydrogens (tertiary/aromatic N) is 3. The molecule has 0 unspecified atom stereocenters. The van der Waals surface area contributed by atoms with Crippen LogP contribution in [0.5, 0.6) is 0 Å². The van der Waals surface area contributed by atoms with Crippen molar-refractivity contribution in [3.63, 3.8) is 0 Å². The van der Waals surface area contributed by atoms with Crippen molar-refractivity contribution in [2.75, 3.05) is 25.1 Å². The van der Waals surface area contributed by atoms with Crippen LogP contribution in [0.25, 0.3) is 0 Å². The van der Waals surface area contributed by atoms with Crippen LogP contribution < -0.4 is 10.6 Å². The summed E-state index contributed by atoms with van der Waals surface area (Å²) in [5.41, 5.74) is 6.91. The molecule has 1 aliphatic heterocycles. The highest BCUT2D eigenvalue weighted by Crippen LogP contribution is 2.31. The Morgan fingerprint density at radius 2 is 1.95 bits per heavy atom. The molecule has 2 heterocycles. The molecule has 0 radical (unpaired) electrons. The van der Waals surface area contributed by atoms with E-state index in [0.717, 1.165) is 0 Å². The lowest BCUT2D eigenvalue weighted by Gasteiger charge is -2.37. The van der Waals surface area contributed by atoms with Crippen molar-refractivity contribution in [2.24, 2.45) is 5.73 Å². The molecule has 5 nitrogen and oxygen atoms in total. The van der Waals surface area contributed by atoms with Crippen LogP contribution in [0, 0.1) is 13.8 Å². The van der Waals surface area contributed by atoms with E-state index < -0.39 is 12.0 Å². The first-order chi connectivity index (χ1) is 9.74. The van der Waals surface area contributed by atoms with Crippen molar-refractivity contribution >= 4 is 5.82 Å². The number of nitrogens with two attached hydrogens (primary N) is 1. The van der Waals surface area contributed by atoms with E-state index in [9.17, 15) is 13.2 Å². The molecule has 2 N–H and O–H groups in total. The third kappa shape index (κ3) is 3.26. The largest absolute Gasteiger partial charge is 0.451 e. The lowest BCUT2D eigenvalue weighted by molar-refractivity contribution is -0.145. The van der Waals surface area contributed by atoms with Gasteiger partial charge < -0.3 is 15.4 Å². The third-order valence-corrected chi connectivity index (χ3v) is 3.83. The summed E-state index contributed by atoms with van der Waals surface area (Å²) >= 11 is 0. The number of methoxy groups -OCH3 is 1. The molecule has 118 valence electrons. The number of aromatic nitrogens is 2. The Labute approximate surface area is 121 Å². The summed E-state index contributed by atoms with van der Waals surface area (Å²) in [4.78, 5) is 9.04. The fraction of sp³-hybridized carbons (Fsp3) is 0.692. The van der Waals surface area contributed by atoms with Gasteiger partial charge in [0.2, 0.25) is 5.82 Å². The molecule has 1 aromatic heterocycles. The van der Waals surface area contributed by atoms with Gasteiger partial charge in [0.05, 0.1) is 6.10 Å². The first-order valence-electron chi connectivity index (χ1n) is 6.69. The number of aryl methyl sites for hydroxylation is 1. The number of hydrogen-bond donors (Lipinski definition) is 1. The van der Waals surface area contributed by atoms with Gasteiger partial charge in [-0.1, -0.05) is 0 Å². The standard InChI is InChI=1S/C13H19F3N4O/c1-7-8(2)18-12(13(14,15)16)19-11(7)20-5-4-9(17)10(6-20)21-3/h9-10H,4-6,17H2,1-3H3/t9-,10+/m0/s1. The van der Waals surface area contributed by atoms with E-state index in [0.29, 0.717) is 36.6 Å². The van der Waals surface area contributed by atoms with Gasteiger partial charge in [0.1, 0.15) is 5.82 Å². The molecule has 2 atom stereocenters. The molecule has 0 aromatic carbocycles. The number of halogens is 3. The Morgan fingerprint density at radius 3 is 2.52 bits per heavy atom. The van der Waals surface area contributed by atoms with Gasteiger partial charge >= 0.3 is 6.18 Å². The molecule has 1 aromatic rings. The summed E-state index contributed by atoms with van der Waals surface area (Å²) in [5.74, 6) is -0.798. The summed E-state index contributed by atoms with van der Waals surface area (Å²) in [7, 11) is 1.55. The molecule has 0 amide bonds. The highest BCUT2D eigenvalue weighted by Gasteiger charge is 2.37. The molecular weight excluding hydrogens is 285 g/mol. The van der Waals surface area contributed by atoms with E-state index in [-0.39, 0.29) is 12.1 Å². The normalized spacial score (nSPS) is 23.5. The Morgan fingerprint density at radius 1 is 1.29 bits per heavy atom. The second-order valence-corrected chi connectivity index (χ2v) is 5.25. The summed E-state index contributed by atoms with van der Waals surface area (Å²) < 4.78 is 43.9. The maximum atomic E-state index is 12.9. The first kappa shape index (κ1) is 16.0. The molecule has 1 aliphatic rings. The molecule has 0 saturated carbocycles. The Balaban J connectivity index is 2.37. The van der Waals surface area contributed by atoms with Crippen LogP contribution in [-0.2, 0) is 10.9 Å². The Hall–Kier alpha value is -1.41. The van der Waals surface area contributed by atoms with Crippen molar-refractivity contribution in [3.8, 4) is 0 Å². The molecule has 8 heteroatoms. The average molecular weight is 304 g/mol. The Bertz CT molecular complexity index is 521. The quantitative estimate of drug-likeness (QED) is 0.900. The fourth-order valence-electron chi connectivity index (χ4n) is 2.42. The number of alkyl halides is 3. The molecule has 1 fully saturated rings. The highest BCUT2D eigenvalue weighted by atomic mass is 19.4. The maximum Gasteiger partial charge on any atom is 0.451 e. The summed E-state index contributed by atoms with van der Waals surface area (Å²) in [6.07, 6.45) is -4.13. The second-order valence-electron chi connectivity index (χ2n) is 5.25. The number of hydrogen-bond acceptors (Lipinski definition) is 5. The molecular formula is C13H19F3N4O. The zero-order valence-electron chi connectivity index (χ0n) is 12.2.